The fraction of sp³-hybridized carbons (Fsp3) is 0.353. The number of urea groups is 1. The number of anilines is 1. The van der Waals surface area contributed by atoms with E-state index in [-0.39, 0.29) is 24.7 Å². The lowest BCUT2D eigenvalue weighted by Crippen LogP contribution is -2.39. The van der Waals surface area contributed by atoms with Crippen molar-refractivity contribution in [2.24, 2.45) is 0 Å². The lowest BCUT2D eigenvalue weighted by atomic mass is 10.1. The van der Waals surface area contributed by atoms with Crippen LogP contribution in [-0.2, 0) is 0 Å². The summed E-state index contributed by atoms with van der Waals surface area (Å²) in [5, 5.41) is 17.3. The van der Waals surface area contributed by atoms with Crippen LogP contribution in [0.15, 0.2) is 42.5 Å². The average Bonchev–Trinajstić information content (AvgIpc) is 2.87. The van der Waals surface area contributed by atoms with Crippen molar-refractivity contribution in [1.29, 1.82) is 0 Å². The Bertz CT molecular complexity index is 669. The molecule has 0 spiro atoms. The van der Waals surface area contributed by atoms with Crippen molar-refractivity contribution < 1.29 is 9.90 Å². The number of nitrogens with one attached hydrogen (secondary N) is 2. The quantitative estimate of drug-likeness (QED) is 0.812. The first kappa shape index (κ1) is 14.8. The molecule has 2 amide bonds. The zero-order chi connectivity index (χ0) is 15.5. The van der Waals surface area contributed by atoms with Crippen molar-refractivity contribution in [2.45, 2.75) is 18.5 Å². The maximum Gasteiger partial charge on any atom is 0.319 e. The SMILES string of the molecule is CN1C[C@H](NC(=O)Nc2cccc3ccccc23)C[C@H]1CO. The molecule has 0 bridgehead atoms. The van der Waals surface area contributed by atoms with Gasteiger partial charge in [0.25, 0.3) is 0 Å². The summed E-state index contributed by atoms with van der Waals surface area (Å²) in [4.78, 5) is 14.3. The summed E-state index contributed by atoms with van der Waals surface area (Å²) < 4.78 is 0. The molecule has 1 aliphatic rings. The number of rotatable bonds is 3. The Labute approximate surface area is 129 Å². The lowest BCUT2D eigenvalue weighted by Gasteiger charge is -2.15. The maximum atomic E-state index is 12.2. The summed E-state index contributed by atoms with van der Waals surface area (Å²) in [5.41, 5.74) is 0.806. The molecule has 5 nitrogen and oxygen atoms in total. The molecule has 2 aromatic carbocycles. The molecule has 2 aromatic rings. The van der Waals surface area contributed by atoms with Crippen LogP contribution in [0.25, 0.3) is 10.8 Å². The Morgan fingerprint density at radius 1 is 1.27 bits per heavy atom. The lowest BCUT2D eigenvalue weighted by molar-refractivity contribution is 0.182. The minimum Gasteiger partial charge on any atom is -0.395 e. The number of carbonyl (C=O) groups excluding carboxylic acids is 1. The van der Waals surface area contributed by atoms with Crippen molar-refractivity contribution in [3.05, 3.63) is 42.5 Å². The second-order valence-electron chi connectivity index (χ2n) is 5.83. The molecule has 0 aliphatic carbocycles. The number of aliphatic hydroxyl groups excluding tert-OH is 1. The average molecular weight is 299 g/mol. The van der Waals surface area contributed by atoms with Crippen LogP contribution in [0.1, 0.15) is 6.42 Å². The van der Waals surface area contributed by atoms with Crippen LogP contribution in [-0.4, -0.2) is 48.3 Å². The van der Waals surface area contributed by atoms with Crippen LogP contribution in [0.5, 0.6) is 0 Å². The Kier molecular flexibility index (Phi) is 4.27. The normalized spacial score (nSPS) is 21.9. The van der Waals surface area contributed by atoms with Gasteiger partial charge >= 0.3 is 6.03 Å². The fourth-order valence-corrected chi connectivity index (χ4v) is 3.08. The summed E-state index contributed by atoms with van der Waals surface area (Å²) in [6.45, 7) is 0.883. The van der Waals surface area contributed by atoms with Crippen molar-refractivity contribution in [1.82, 2.24) is 10.2 Å². The third-order valence-corrected chi connectivity index (χ3v) is 4.27. The van der Waals surface area contributed by atoms with Crippen LogP contribution < -0.4 is 10.6 Å². The van der Waals surface area contributed by atoms with Gasteiger partial charge in [-0.05, 0) is 24.9 Å². The van der Waals surface area contributed by atoms with E-state index in [4.69, 9.17) is 0 Å². The van der Waals surface area contributed by atoms with Crippen LogP contribution in [0, 0.1) is 0 Å². The van der Waals surface area contributed by atoms with E-state index in [0.717, 1.165) is 29.4 Å². The molecule has 3 rings (SSSR count). The zero-order valence-electron chi connectivity index (χ0n) is 12.6. The molecule has 22 heavy (non-hydrogen) atoms. The van der Waals surface area contributed by atoms with Crippen LogP contribution in [0.2, 0.25) is 0 Å². The highest BCUT2D eigenvalue weighted by molar-refractivity contribution is 6.01. The van der Waals surface area contributed by atoms with Gasteiger partial charge in [0.05, 0.1) is 12.3 Å². The Morgan fingerprint density at radius 3 is 2.82 bits per heavy atom. The first-order chi connectivity index (χ1) is 10.7. The molecule has 116 valence electrons. The monoisotopic (exact) mass is 299 g/mol. The molecule has 0 unspecified atom stereocenters. The third kappa shape index (κ3) is 3.05. The number of amides is 2. The predicted molar refractivity (Wildman–Crippen MR) is 88.0 cm³/mol. The van der Waals surface area contributed by atoms with Gasteiger partial charge in [-0.1, -0.05) is 36.4 Å². The number of benzene rings is 2. The highest BCUT2D eigenvalue weighted by atomic mass is 16.3. The smallest absolute Gasteiger partial charge is 0.319 e. The van der Waals surface area contributed by atoms with E-state index < -0.39 is 0 Å². The molecular weight excluding hydrogens is 278 g/mol. The highest BCUT2D eigenvalue weighted by Crippen LogP contribution is 2.23. The van der Waals surface area contributed by atoms with E-state index >= 15 is 0 Å². The fourth-order valence-electron chi connectivity index (χ4n) is 3.08. The number of hydrogen-bond donors (Lipinski definition) is 3. The molecule has 5 heteroatoms. The van der Waals surface area contributed by atoms with Gasteiger partial charge in [0.1, 0.15) is 0 Å². The van der Waals surface area contributed by atoms with Crippen molar-refractivity contribution >= 4 is 22.5 Å². The van der Waals surface area contributed by atoms with E-state index in [1.54, 1.807) is 0 Å². The molecule has 0 radical (unpaired) electrons. The van der Waals surface area contributed by atoms with E-state index in [2.05, 4.69) is 15.5 Å². The largest absolute Gasteiger partial charge is 0.395 e. The van der Waals surface area contributed by atoms with Gasteiger partial charge in [0, 0.05) is 24.0 Å². The summed E-state index contributed by atoms with van der Waals surface area (Å²) in [7, 11) is 1.96. The summed E-state index contributed by atoms with van der Waals surface area (Å²) >= 11 is 0. The van der Waals surface area contributed by atoms with Gasteiger partial charge in [-0.3, -0.25) is 4.90 Å². The molecule has 1 aliphatic heterocycles. The number of hydrogen-bond acceptors (Lipinski definition) is 3. The van der Waals surface area contributed by atoms with Crippen LogP contribution >= 0.6 is 0 Å². The maximum absolute atomic E-state index is 12.2. The molecule has 1 saturated heterocycles. The van der Waals surface area contributed by atoms with Gasteiger partial charge in [0.2, 0.25) is 0 Å². The molecule has 1 heterocycles. The minimum atomic E-state index is -0.201. The molecule has 3 N–H and O–H groups in total. The zero-order valence-corrected chi connectivity index (χ0v) is 12.6. The second kappa shape index (κ2) is 6.34. The third-order valence-electron chi connectivity index (χ3n) is 4.27. The first-order valence-corrected chi connectivity index (χ1v) is 7.54. The van der Waals surface area contributed by atoms with Crippen molar-refractivity contribution in [3.8, 4) is 0 Å². The predicted octanol–water partition coefficient (Wildman–Crippen LogP) is 2.03. The minimum absolute atomic E-state index is 0.0668. The van der Waals surface area contributed by atoms with Crippen LogP contribution in [0.4, 0.5) is 10.5 Å². The Morgan fingerprint density at radius 2 is 2.05 bits per heavy atom. The van der Waals surface area contributed by atoms with E-state index in [1.165, 1.54) is 0 Å². The van der Waals surface area contributed by atoms with Gasteiger partial charge in [-0.25, -0.2) is 4.79 Å². The number of fused-ring (bicyclic) bond motifs is 1. The van der Waals surface area contributed by atoms with Crippen molar-refractivity contribution in [2.75, 3.05) is 25.5 Å². The van der Waals surface area contributed by atoms with Crippen molar-refractivity contribution in [3.63, 3.8) is 0 Å². The highest BCUT2D eigenvalue weighted by Gasteiger charge is 2.29. The molecule has 0 aromatic heterocycles. The summed E-state index contributed by atoms with van der Waals surface area (Å²) in [6.07, 6.45) is 0.774. The number of likely N-dealkylation sites (tertiary alicyclic amines) is 1. The number of aliphatic hydroxyl groups is 1. The molecular formula is C17H21N3O2. The van der Waals surface area contributed by atoms with E-state index in [0.29, 0.717) is 0 Å². The Hall–Kier alpha value is -2.11. The Balaban J connectivity index is 1.67. The van der Waals surface area contributed by atoms with Gasteiger partial charge in [0.15, 0.2) is 0 Å². The molecule has 1 fully saturated rings. The van der Waals surface area contributed by atoms with Gasteiger partial charge in [-0.15, -0.1) is 0 Å². The molecule has 2 atom stereocenters. The van der Waals surface area contributed by atoms with Gasteiger partial charge in [-0.2, -0.15) is 0 Å². The van der Waals surface area contributed by atoms with Gasteiger partial charge < -0.3 is 15.7 Å². The second-order valence-corrected chi connectivity index (χ2v) is 5.83. The summed E-state index contributed by atoms with van der Waals surface area (Å²) in [6, 6.07) is 13.8. The standard InChI is InChI=1S/C17H21N3O2/c1-20-10-13(9-14(20)11-21)18-17(22)19-16-8-4-6-12-5-2-3-7-15(12)16/h2-8,13-14,21H,9-11H2,1H3,(H2,18,19,22)/t13-,14+/m1/s1. The van der Waals surface area contributed by atoms with E-state index in [9.17, 15) is 9.90 Å². The van der Waals surface area contributed by atoms with E-state index in [1.807, 2.05) is 49.5 Å². The first-order valence-electron chi connectivity index (χ1n) is 7.54. The number of carbonyl (C=O) groups is 1. The number of nitrogens with zero attached hydrogens (tertiary/aromatic N) is 1. The number of likely N-dealkylation sites (N-methyl/N-ethyl adjacent to an activating group) is 1. The van der Waals surface area contributed by atoms with Crippen LogP contribution in [0.3, 0.4) is 0 Å². The summed E-state index contributed by atoms with van der Waals surface area (Å²) in [5.74, 6) is 0. The molecule has 0 saturated carbocycles. The topological polar surface area (TPSA) is 64.6 Å².